The summed E-state index contributed by atoms with van der Waals surface area (Å²) in [7, 11) is 1.58. The van der Waals surface area contributed by atoms with E-state index in [0.717, 1.165) is 16.6 Å². The van der Waals surface area contributed by atoms with Gasteiger partial charge in [-0.3, -0.25) is 4.79 Å². The molecule has 0 fully saturated rings. The van der Waals surface area contributed by atoms with Crippen LogP contribution in [-0.4, -0.2) is 22.8 Å². The molecule has 3 aromatic rings. The van der Waals surface area contributed by atoms with E-state index < -0.39 is 11.6 Å². The van der Waals surface area contributed by atoms with Crippen molar-refractivity contribution in [2.75, 3.05) is 7.05 Å². The van der Waals surface area contributed by atoms with Gasteiger partial charge in [0.2, 0.25) is 5.91 Å². The summed E-state index contributed by atoms with van der Waals surface area (Å²) < 4.78 is 46.8. The maximum Gasteiger partial charge on any atom is 0.223 e. The number of carbonyl (C=O) groups is 1. The molecule has 0 aliphatic rings. The minimum atomic E-state index is -0.755. The van der Waals surface area contributed by atoms with Crippen molar-refractivity contribution in [1.29, 1.82) is 0 Å². The predicted molar refractivity (Wildman–Crippen MR) is 101 cm³/mol. The van der Waals surface area contributed by atoms with Crippen molar-refractivity contribution >= 4 is 21.8 Å². The number of hydrogen-bond donors (Lipinski definition) is 0. The summed E-state index contributed by atoms with van der Waals surface area (Å²) in [4.78, 5) is 17.8. The lowest BCUT2D eigenvalue weighted by molar-refractivity contribution is -0.130. The van der Waals surface area contributed by atoms with Crippen LogP contribution in [0.15, 0.2) is 51.5 Å². The molecule has 0 aliphatic carbocycles. The van der Waals surface area contributed by atoms with Gasteiger partial charge in [0.05, 0.1) is 11.8 Å². The summed E-state index contributed by atoms with van der Waals surface area (Å²) >= 11 is 3.28. The van der Waals surface area contributed by atoms with Gasteiger partial charge in [-0.25, -0.2) is 18.2 Å². The van der Waals surface area contributed by atoms with E-state index in [1.807, 2.05) is 0 Å². The van der Waals surface area contributed by atoms with E-state index in [-0.39, 0.29) is 48.3 Å². The summed E-state index contributed by atoms with van der Waals surface area (Å²) in [6, 6.07) is 7.69. The summed E-state index contributed by atoms with van der Waals surface area (Å²) in [5, 5.41) is 0. The van der Waals surface area contributed by atoms with Gasteiger partial charge in [0.25, 0.3) is 0 Å². The van der Waals surface area contributed by atoms with Crippen molar-refractivity contribution in [1.82, 2.24) is 9.88 Å². The van der Waals surface area contributed by atoms with E-state index >= 15 is 0 Å². The Kier molecular flexibility index (Phi) is 6.18. The van der Waals surface area contributed by atoms with E-state index in [0.29, 0.717) is 5.56 Å². The number of nitrogens with zero attached hydrogens (tertiary/aromatic N) is 2. The molecule has 146 valence electrons. The first-order valence-electron chi connectivity index (χ1n) is 8.41. The fraction of sp³-hybridized carbons (Fsp3) is 0.200. The van der Waals surface area contributed by atoms with Crippen LogP contribution >= 0.6 is 15.9 Å². The Morgan fingerprint density at radius 3 is 2.68 bits per heavy atom. The number of halogens is 4. The number of oxazole rings is 1. The van der Waals surface area contributed by atoms with Gasteiger partial charge < -0.3 is 9.32 Å². The van der Waals surface area contributed by atoms with Gasteiger partial charge in [0.15, 0.2) is 11.7 Å². The van der Waals surface area contributed by atoms with Crippen LogP contribution < -0.4 is 0 Å². The van der Waals surface area contributed by atoms with Crippen molar-refractivity contribution in [3.8, 4) is 11.3 Å². The van der Waals surface area contributed by atoms with Crippen LogP contribution in [0.2, 0.25) is 0 Å². The molecule has 1 aromatic heterocycles. The molecule has 0 saturated heterocycles. The van der Waals surface area contributed by atoms with Gasteiger partial charge in [-0.15, -0.1) is 0 Å². The van der Waals surface area contributed by atoms with Crippen molar-refractivity contribution in [3.63, 3.8) is 0 Å². The van der Waals surface area contributed by atoms with Gasteiger partial charge >= 0.3 is 0 Å². The van der Waals surface area contributed by atoms with Crippen LogP contribution in [0.1, 0.15) is 17.9 Å². The normalized spacial score (nSPS) is 10.9. The first-order chi connectivity index (χ1) is 13.3. The number of carbonyl (C=O) groups excluding carboxylic acids is 1. The zero-order chi connectivity index (χ0) is 20.3. The Bertz CT molecular complexity index is 1010. The second kappa shape index (κ2) is 8.60. The number of rotatable bonds is 6. The van der Waals surface area contributed by atoms with Crippen LogP contribution in [0.3, 0.4) is 0 Å². The van der Waals surface area contributed by atoms with Gasteiger partial charge in [-0.1, -0.05) is 15.9 Å². The van der Waals surface area contributed by atoms with Crippen LogP contribution in [0, 0.1) is 17.5 Å². The van der Waals surface area contributed by atoms with Gasteiger partial charge in [-0.05, 0) is 30.3 Å². The van der Waals surface area contributed by atoms with Gasteiger partial charge in [-0.2, -0.15) is 0 Å². The maximum absolute atomic E-state index is 13.8. The minimum absolute atomic E-state index is 0.0914. The highest BCUT2D eigenvalue weighted by atomic mass is 79.9. The van der Waals surface area contributed by atoms with Crippen molar-refractivity contribution in [2.45, 2.75) is 19.4 Å². The fourth-order valence-electron chi connectivity index (χ4n) is 2.65. The topological polar surface area (TPSA) is 46.3 Å². The quantitative estimate of drug-likeness (QED) is 0.521. The number of aryl methyl sites for hydroxylation is 1. The Balaban J connectivity index is 1.60. The smallest absolute Gasteiger partial charge is 0.223 e. The summed E-state index contributed by atoms with van der Waals surface area (Å²) in [5.41, 5.74) is 0.490. The molecule has 0 saturated carbocycles. The number of benzene rings is 2. The van der Waals surface area contributed by atoms with E-state index in [4.69, 9.17) is 4.42 Å². The monoisotopic (exact) mass is 452 g/mol. The Morgan fingerprint density at radius 1 is 1.14 bits per heavy atom. The zero-order valence-electron chi connectivity index (χ0n) is 14.9. The molecule has 3 rings (SSSR count). The van der Waals surface area contributed by atoms with Gasteiger partial charge in [0, 0.05) is 42.5 Å². The first-order valence-corrected chi connectivity index (χ1v) is 9.21. The predicted octanol–water partition coefficient (Wildman–Crippen LogP) is 5.11. The highest BCUT2D eigenvalue weighted by Gasteiger charge is 2.16. The molecule has 0 spiro atoms. The van der Waals surface area contributed by atoms with E-state index in [9.17, 15) is 18.0 Å². The third kappa shape index (κ3) is 4.81. The fourth-order valence-corrected chi connectivity index (χ4v) is 3.06. The Hall–Kier alpha value is -2.61. The molecular weight excluding hydrogens is 437 g/mol. The zero-order valence-corrected chi connectivity index (χ0v) is 16.5. The molecule has 1 amide bonds. The molecule has 28 heavy (non-hydrogen) atoms. The van der Waals surface area contributed by atoms with E-state index in [1.165, 1.54) is 23.2 Å². The van der Waals surface area contributed by atoms with Crippen molar-refractivity contribution in [2.24, 2.45) is 0 Å². The van der Waals surface area contributed by atoms with Crippen LogP contribution in [0.25, 0.3) is 11.3 Å². The highest BCUT2D eigenvalue weighted by molar-refractivity contribution is 9.10. The van der Waals surface area contributed by atoms with Crippen LogP contribution in [0.4, 0.5) is 13.2 Å². The third-order valence-corrected chi connectivity index (χ3v) is 4.64. The molecular formula is C20H16BrF3N2O2. The Morgan fingerprint density at radius 2 is 1.93 bits per heavy atom. The second-order valence-corrected chi connectivity index (χ2v) is 7.14. The maximum atomic E-state index is 13.8. The van der Waals surface area contributed by atoms with Gasteiger partial charge in [0.1, 0.15) is 17.5 Å². The lowest BCUT2D eigenvalue weighted by Gasteiger charge is -2.17. The molecule has 0 N–H and O–H groups in total. The lowest BCUT2D eigenvalue weighted by Crippen LogP contribution is -2.26. The average molecular weight is 453 g/mol. The van der Waals surface area contributed by atoms with Crippen LogP contribution in [0.5, 0.6) is 0 Å². The molecule has 0 atom stereocenters. The standard InChI is InChI=1S/C20H16BrF3N2O2/c1-26(11-12-8-13(21)2-5-16(12)23)20(27)7-6-19-25-10-18(28-19)15-4-3-14(22)9-17(15)24/h2-5,8-10H,6-7,11H2,1H3. The van der Waals surface area contributed by atoms with E-state index in [1.54, 1.807) is 19.2 Å². The summed E-state index contributed by atoms with van der Waals surface area (Å²) in [6.45, 7) is 0.127. The highest BCUT2D eigenvalue weighted by Crippen LogP contribution is 2.24. The van der Waals surface area contributed by atoms with E-state index in [2.05, 4.69) is 20.9 Å². The molecule has 8 heteroatoms. The summed E-state index contributed by atoms with van der Waals surface area (Å²) in [5.74, 6) is -1.63. The molecule has 2 aromatic carbocycles. The SMILES string of the molecule is CN(Cc1cc(Br)ccc1F)C(=O)CCc1ncc(-c2ccc(F)cc2F)o1. The van der Waals surface area contributed by atoms with Crippen molar-refractivity contribution in [3.05, 3.63) is 76.0 Å². The molecule has 1 heterocycles. The number of amides is 1. The van der Waals surface area contributed by atoms with Crippen LogP contribution in [-0.2, 0) is 17.8 Å². The largest absolute Gasteiger partial charge is 0.441 e. The minimum Gasteiger partial charge on any atom is -0.441 e. The second-order valence-electron chi connectivity index (χ2n) is 6.23. The average Bonchev–Trinajstić information content (AvgIpc) is 3.11. The molecule has 0 radical (unpaired) electrons. The molecule has 4 nitrogen and oxygen atoms in total. The number of aromatic nitrogens is 1. The lowest BCUT2D eigenvalue weighted by atomic mass is 10.2. The molecule has 0 bridgehead atoms. The third-order valence-electron chi connectivity index (χ3n) is 4.14. The first kappa shape index (κ1) is 20.1. The molecule has 0 aliphatic heterocycles. The molecule has 0 unspecified atom stereocenters. The Labute approximate surface area is 168 Å². The number of hydrogen-bond acceptors (Lipinski definition) is 3. The summed E-state index contributed by atoms with van der Waals surface area (Å²) in [6.07, 6.45) is 1.63. The van der Waals surface area contributed by atoms with Crippen molar-refractivity contribution < 1.29 is 22.4 Å².